The maximum atomic E-state index is 11.7. The molecule has 0 aromatic carbocycles. The van der Waals surface area contributed by atoms with E-state index in [1.807, 2.05) is 6.92 Å². The number of nitrogens with two attached hydrogens (primary N) is 1. The Hall–Kier alpha value is -1.10. The molecule has 0 aliphatic carbocycles. The Morgan fingerprint density at radius 1 is 1.39 bits per heavy atom. The molecule has 1 saturated heterocycles. The largest absolute Gasteiger partial charge is 0.351 e. The molecule has 1 aliphatic heterocycles. The van der Waals surface area contributed by atoms with Crippen molar-refractivity contribution in [3.63, 3.8) is 0 Å². The molecule has 2 atom stereocenters. The molecule has 18 heavy (non-hydrogen) atoms. The lowest BCUT2D eigenvalue weighted by Gasteiger charge is -2.26. The van der Waals surface area contributed by atoms with E-state index in [-0.39, 0.29) is 11.9 Å². The number of nitrogens with zero attached hydrogens (tertiary/aromatic N) is 1. The quantitative estimate of drug-likeness (QED) is 0.798. The third-order valence-electron chi connectivity index (χ3n) is 3.75. The molecule has 1 fully saturated rings. The summed E-state index contributed by atoms with van der Waals surface area (Å²) < 4.78 is 0. The predicted molar refractivity (Wildman–Crippen MR) is 71.0 cm³/mol. The fraction of sp³-hybridized carbons (Fsp3) is 0.846. The van der Waals surface area contributed by atoms with E-state index < -0.39 is 6.03 Å². The smallest absolute Gasteiger partial charge is 0.318 e. The molecule has 0 aromatic heterocycles. The standard InChI is InChI=1S/C13H25N3O2/c1-3-5-11-6-4-8-16(9-7-11)10(2)12(17)15-13(14)18/h10-11H,3-9H2,1-2H3,(H3,14,15,17,18)/t10-,11-/m1/s1. The lowest BCUT2D eigenvalue weighted by molar-refractivity contribution is -0.124. The van der Waals surface area contributed by atoms with Gasteiger partial charge in [0.2, 0.25) is 5.91 Å². The van der Waals surface area contributed by atoms with Crippen LogP contribution in [0, 0.1) is 5.92 Å². The van der Waals surface area contributed by atoms with Crippen LogP contribution in [0.4, 0.5) is 4.79 Å². The highest BCUT2D eigenvalue weighted by Crippen LogP contribution is 2.22. The fourth-order valence-corrected chi connectivity index (χ4v) is 2.66. The van der Waals surface area contributed by atoms with E-state index in [4.69, 9.17) is 5.73 Å². The lowest BCUT2D eigenvalue weighted by Crippen LogP contribution is -2.48. The Morgan fingerprint density at radius 3 is 2.72 bits per heavy atom. The van der Waals surface area contributed by atoms with E-state index in [1.54, 1.807) is 0 Å². The van der Waals surface area contributed by atoms with Crippen molar-refractivity contribution in [1.82, 2.24) is 10.2 Å². The second-order valence-electron chi connectivity index (χ2n) is 5.15. The van der Waals surface area contributed by atoms with Crippen molar-refractivity contribution < 1.29 is 9.59 Å². The number of nitrogens with one attached hydrogen (secondary N) is 1. The highest BCUT2D eigenvalue weighted by Gasteiger charge is 2.25. The van der Waals surface area contributed by atoms with Gasteiger partial charge < -0.3 is 5.73 Å². The van der Waals surface area contributed by atoms with Gasteiger partial charge in [-0.25, -0.2) is 4.79 Å². The van der Waals surface area contributed by atoms with E-state index in [1.165, 1.54) is 19.3 Å². The molecule has 0 bridgehead atoms. The van der Waals surface area contributed by atoms with Crippen molar-refractivity contribution in [2.75, 3.05) is 13.1 Å². The minimum atomic E-state index is -0.773. The van der Waals surface area contributed by atoms with Gasteiger partial charge in [0.15, 0.2) is 0 Å². The number of hydrogen-bond acceptors (Lipinski definition) is 3. The van der Waals surface area contributed by atoms with E-state index in [2.05, 4.69) is 17.1 Å². The van der Waals surface area contributed by atoms with E-state index in [9.17, 15) is 9.59 Å². The number of hydrogen-bond donors (Lipinski definition) is 2. The first-order valence-electron chi connectivity index (χ1n) is 6.89. The van der Waals surface area contributed by atoms with Crippen LogP contribution < -0.4 is 11.1 Å². The third-order valence-corrected chi connectivity index (χ3v) is 3.75. The normalized spacial score (nSPS) is 23.1. The minimum Gasteiger partial charge on any atom is -0.351 e. The molecule has 0 saturated carbocycles. The zero-order valence-corrected chi connectivity index (χ0v) is 11.4. The number of urea groups is 1. The molecule has 0 radical (unpaired) electrons. The summed E-state index contributed by atoms with van der Waals surface area (Å²) in [6, 6.07) is -1.05. The van der Waals surface area contributed by atoms with Gasteiger partial charge in [-0.2, -0.15) is 0 Å². The van der Waals surface area contributed by atoms with Crippen LogP contribution >= 0.6 is 0 Å². The SMILES string of the molecule is CCC[C@@H]1CCCN([C@H](C)C(=O)NC(N)=O)CC1. The number of primary amides is 1. The Morgan fingerprint density at radius 2 is 2.11 bits per heavy atom. The maximum absolute atomic E-state index is 11.7. The molecule has 0 unspecified atom stereocenters. The van der Waals surface area contributed by atoms with Gasteiger partial charge in [0.1, 0.15) is 0 Å². The summed E-state index contributed by atoms with van der Waals surface area (Å²) in [7, 11) is 0. The van der Waals surface area contributed by atoms with Crippen LogP contribution in [0.25, 0.3) is 0 Å². The van der Waals surface area contributed by atoms with Crippen molar-refractivity contribution >= 4 is 11.9 Å². The van der Waals surface area contributed by atoms with Crippen molar-refractivity contribution in [2.24, 2.45) is 11.7 Å². The molecular formula is C13H25N3O2. The van der Waals surface area contributed by atoms with E-state index in [0.29, 0.717) is 0 Å². The van der Waals surface area contributed by atoms with Gasteiger partial charge in [0.25, 0.3) is 0 Å². The molecule has 1 rings (SSSR count). The van der Waals surface area contributed by atoms with E-state index in [0.717, 1.165) is 31.8 Å². The summed E-state index contributed by atoms with van der Waals surface area (Å²) in [5.74, 6) is 0.489. The van der Waals surface area contributed by atoms with Gasteiger partial charge in [-0.05, 0) is 45.2 Å². The van der Waals surface area contributed by atoms with Crippen LogP contribution in [-0.2, 0) is 4.79 Å². The van der Waals surface area contributed by atoms with Gasteiger partial charge >= 0.3 is 6.03 Å². The highest BCUT2D eigenvalue weighted by atomic mass is 16.2. The Bertz CT molecular complexity index is 294. The van der Waals surface area contributed by atoms with Gasteiger partial charge in [-0.1, -0.05) is 19.8 Å². The number of rotatable bonds is 4. The monoisotopic (exact) mass is 255 g/mol. The molecule has 3 N–H and O–H groups in total. The summed E-state index contributed by atoms with van der Waals surface area (Å²) in [5, 5.41) is 2.15. The van der Waals surface area contributed by atoms with Gasteiger partial charge in [-0.3, -0.25) is 15.0 Å². The molecule has 1 heterocycles. The maximum Gasteiger partial charge on any atom is 0.318 e. The topological polar surface area (TPSA) is 75.4 Å². The average Bonchev–Trinajstić information content (AvgIpc) is 2.53. The molecule has 1 aliphatic rings. The van der Waals surface area contributed by atoms with Crippen LogP contribution in [0.3, 0.4) is 0 Å². The number of amides is 3. The number of carbonyl (C=O) groups is 2. The summed E-state index contributed by atoms with van der Waals surface area (Å²) in [6.45, 7) is 5.90. The van der Waals surface area contributed by atoms with Gasteiger partial charge in [0, 0.05) is 0 Å². The summed E-state index contributed by atoms with van der Waals surface area (Å²) in [6.07, 6.45) is 6.01. The second kappa shape index (κ2) is 7.36. The lowest BCUT2D eigenvalue weighted by atomic mass is 9.96. The Balaban J connectivity index is 2.46. The minimum absolute atomic E-state index is 0.280. The van der Waals surface area contributed by atoms with Crippen LogP contribution in [0.1, 0.15) is 46.0 Å². The Kier molecular flexibility index (Phi) is 6.12. The van der Waals surface area contributed by atoms with E-state index >= 15 is 0 Å². The summed E-state index contributed by atoms with van der Waals surface area (Å²) in [4.78, 5) is 24.5. The zero-order chi connectivity index (χ0) is 13.5. The summed E-state index contributed by atoms with van der Waals surface area (Å²) >= 11 is 0. The second-order valence-corrected chi connectivity index (χ2v) is 5.15. The van der Waals surface area contributed by atoms with Crippen molar-refractivity contribution in [3.05, 3.63) is 0 Å². The fourth-order valence-electron chi connectivity index (χ4n) is 2.66. The first kappa shape index (κ1) is 15.0. The van der Waals surface area contributed by atoms with Crippen molar-refractivity contribution in [1.29, 1.82) is 0 Å². The molecule has 5 heteroatoms. The van der Waals surface area contributed by atoms with Gasteiger partial charge in [0.05, 0.1) is 6.04 Å². The van der Waals surface area contributed by atoms with Gasteiger partial charge in [-0.15, -0.1) is 0 Å². The van der Waals surface area contributed by atoms with Crippen LogP contribution in [-0.4, -0.2) is 36.0 Å². The third kappa shape index (κ3) is 4.64. The first-order chi connectivity index (χ1) is 8.54. The average molecular weight is 255 g/mol. The number of likely N-dealkylation sites (tertiary alicyclic amines) is 1. The molecule has 0 spiro atoms. The molecule has 3 amide bonds. The zero-order valence-electron chi connectivity index (χ0n) is 11.4. The van der Waals surface area contributed by atoms with Crippen LogP contribution in [0.5, 0.6) is 0 Å². The molecule has 0 aromatic rings. The van der Waals surface area contributed by atoms with Crippen LogP contribution in [0.2, 0.25) is 0 Å². The van der Waals surface area contributed by atoms with Crippen LogP contribution in [0.15, 0.2) is 0 Å². The first-order valence-corrected chi connectivity index (χ1v) is 6.89. The summed E-state index contributed by atoms with van der Waals surface area (Å²) in [5.41, 5.74) is 4.96. The number of carbonyl (C=O) groups excluding carboxylic acids is 2. The number of imide groups is 1. The Labute approximate surface area is 109 Å². The highest BCUT2D eigenvalue weighted by molar-refractivity contribution is 5.96. The molecule has 5 nitrogen and oxygen atoms in total. The molecular weight excluding hydrogens is 230 g/mol. The van der Waals surface area contributed by atoms with Crippen molar-refractivity contribution in [3.8, 4) is 0 Å². The molecule has 104 valence electrons. The predicted octanol–water partition coefficient (Wildman–Crippen LogP) is 1.47. The van der Waals surface area contributed by atoms with Crippen molar-refractivity contribution in [2.45, 2.75) is 52.0 Å².